The first-order chi connectivity index (χ1) is 8.09. The van der Waals surface area contributed by atoms with Crippen molar-refractivity contribution >= 4 is 5.78 Å². The molecule has 0 radical (unpaired) electrons. The highest BCUT2D eigenvalue weighted by Gasteiger charge is 2.27. The summed E-state index contributed by atoms with van der Waals surface area (Å²) in [5.41, 5.74) is -0.902. The number of hydrogen-bond donors (Lipinski definition) is 1. The van der Waals surface area contributed by atoms with Gasteiger partial charge in [-0.1, -0.05) is 19.3 Å². The van der Waals surface area contributed by atoms with Crippen molar-refractivity contribution in [3.05, 3.63) is 27.8 Å². The molecule has 1 fully saturated rings. The van der Waals surface area contributed by atoms with E-state index in [1.807, 2.05) is 0 Å². The van der Waals surface area contributed by atoms with Crippen LogP contribution in [0, 0.1) is 12.8 Å². The second-order valence-corrected chi connectivity index (χ2v) is 4.60. The van der Waals surface area contributed by atoms with Crippen molar-refractivity contribution in [1.82, 2.24) is 0 Å². The third kappa shape index (κ3) is 2.40. The smallest absolute Gasteiger partial charge is 0.350 e. The highest BCUT2D eigenvalue weighted by molar-refractivity contribution is 5.99. The van der Waals surface area contributed by atoms with E-state index in [4.69, 9.17) is 4.42 Å². The van der Waals surface area contributed by atoms with Crippen molar-refractivity contribution in [2.45, 2.75) is 39.0 Å². The van der Waals surface area contributed by atoms with E-state index in [1.54, 1.807) is 6.92 Å². The molecule has 0 atom stereocenters. The van der Waals surface area contributed by atoms with Gasteiger partial charge in [0, 0.05) is 12.0 Å². The molecule has 92 valence electrons. The zero-order valence-corrected chi connectivity index (χ0v) is 9.86. The van der Waals surface area contributed by atoms with E-state index in [9.17, 15) is 14.7 Å². The van der Waals surface area contributed by atoms with E-state index in [0.29, 0.717) is 5.76 Å². The lowest BCUT2D eigenvalue weighted by molar-refractivity contribution is 0.0882. The van der Waals surface area contributed by atoms with Gasteiger partial charge in [0.1, 0.15) is 17.1 Å². The summed E-state index contributed by atoms with van der Waals surface area (Å²) in [7, 11) is 0. The lowest BCUT2D eigenvalue weighted by Gasteiger charge is -2.19. The van der Waals surface area contributed by atoms with Crippen LogP contribution < -0.4 is 5.63 Å². The van der Waals surface area contributed by atoms with Crippen molar-refractivity contribution < 1.29 is 14.3 Å². The maximum absolute atomic E-state index is 12.1. The van der Waals surface area contributed by atoms with Gasteiger partial charge in [0.15, 0.2) is 5.78 Å². The van der Waals surface area contributed by atoms with Crippen LogP contribution in [-0.2, 0) is 0 Å². The van der Waals surface area contributed by atoms with Crippen LogP contribution in [0.15, 0.2) is 15.3 Å². The minimum atomic E-state index is -0.724. The zero-order valence-electron chi connectivity index (χ0n) is 9.86. The maximum atomic E-state index is 12.1. The topological polar surface area (TPSA) is 67.5 Å². The average molecular weight is 236 g/mol. The lowest BCUT2D eigenvalue weighted by atomic mass is 9.84. The number of aryl methyl sites for hydroxylation is 1. The molecule has 17 heavy (non-hydrogen) atoms. The van der Waals surface area contributed by atoms with Gasteiger partial charge in [0.25, 0.3) is 0 Å². The van der Waals surface area contributed by atoms with E-state index < -0.39 is 5.63 Å². The number of carbonyl (C=O) groups excluding carboxylic acids is 1. The van der Waals surface area contributed by atoms with Crippen LogP contribution >= 0.6 is 0 Å². The largest absolute Gasteiger partial charge is 0.507 e. The Bertz CT molecular complexity index is 481. The van der Waals surface area contributed by atoms with Crippen molar-refractivity contribution in [2.75, 3.05) is 0 Å². The van der Waals surface area contributed by atoms with Crippen LogP contribution in [0.25, 0.3) is 0 Å². The van der Waals surface area contributed by atoms with E-state index in [0.717, 1.165) is 32.1 Å². The molecule has 0 unspecified atom stereocenters. The molecule has 1 aromatic heterocycles. The van der Waals surface area contributed by atoms with Crippen molar-refractivity contribution in [3.8, 4) is 5.75 Å². The van der Waals surface area contributed by atoms with Gasteiger partial charge in [0.05, 0.1) is 0 Å². The zero-order chi connectivity index (χ0) is 12.4. The summed E-state index contributed by atoms with van der Waals surface area (Å²) in [4.78, 5) is 23.7. The lowest BCUT2D eigenvalue weighted by Crippen LogP contribution is -2.23. The third-order valence-corrected chi connectivity index (χ3v) is 3.28. The Morgan fingerprint density at radius 2 is 2.00 bits per heavy atom. The Kier molecular flexibility index (Phi) is 3.31. The minimum Gasteiger partial charge on any atom is -0.507 e. The number of aromatic hydroxyl groups is 1. The third-order valence-electron chi connectivity index (χ3n) is 3.28. The van der Waals surface area contributed by atoms with Crippen molar-refractivity contribution in [3.63, 3.8) is 0 Å². The number of rotatable bonds is 2. The molecular formula is C13H16O4. The molecule has 1 N–H and O–H groups in total. The first kappa shape index (κ1) is 11.9. The van der Waals surface area contributed by atoms with Crippen LogP contribution in [0.3, 0.4) is 0 Å². The predicted molar refractivity (Wildman–Crippen MR) is 62.3 cm³/mol. The minimum absolute atomic E-state index is 0.139. The Morgan fingerprint density at radius 1 is 1.35 bits per heavy atom. The summed E-state index contributed by atoms with van der Waals surface area (Å²) in [5.74, 6) is -0.349. The Hall–Kier alpha value is -1.58. The van der Waals surface area contributed by atoms with E-state index in [-0.39, 0.29) is 23.0 Å². The summed E-state index contributed by atoms with van der Waals surface area (Å²) < 4.78 is 4.86. The van der Waals surface area contributed by atoms with Crippen LogP contribution in [0.5, 0.6) is 5.75 Å². The van der Waals surface area contributed by atoms with Crippen molar-refractivity contribution in [2.24, 2.45) is 5.92 Å². The summed E-state index contributed by atoms with van der Waals surface area (Å²) in [5, 5.41) is 9.69. The molecular weight excluding hydrogens is 220 g/mol. The van der Waals surface area contributed by atoms with Crippen LogP contribution in [0.2, 0.25) is 0 Å². The highest BCUT2D eigenvalue weighted by Crippen LogP contribution is 2.28. The molecule has 1 saturated carbocycles. The fraction of sp³-hybridized carbons (Fsp3) is 0.538. The number of hydrogen-bond acceptors (Lipinski definition) is 4. The SMILES string of the molecule is Cc1cc(O)c(C(=O)C2CCCCC2)c(=O)o1. The molecule has 0 bridgehead atoms. The predicted octanol–water partition coefficient (Wildman–Crippen LogP) is 2.42. The maximum Gasteiger partial charge on any atom is 0.350 e. The Balaban J connectivity index is 2.33. The van der Waals surface area contributed by atoms with Crippen LogP contribution in [-0.4, -0.2) is 10.9 Å². The number of Topliss-reactive ketones (excluding diaryl/α,β-unsaturated/α-hetero) is 1. The summed E-state index contributed by atoms with van der Waals surface area (Å²) >= 11 is 0. The summed E-state index contributed by atoms with van der Waals surface area (Å²) in [6, 6.07) is 1.32. The van der Waals surface area contributed by atoms with Crippen LogP contribution in [0.4, 0.5) is 0 Å². The van der Waals surface area contributed by atoms with Gasteiger partial charge in [-0.2, -0.15) is 0 Å². The van der Waals surface area contributed by atoms with E-state index >= 15 is 0 Å². The van der Waals surface area contributed by atoms with Crippen LogP contribution in [0.1, 0.15) is 48.2 Å². The average Bonchev–Trinajstić information content (AvgIpc) is 2.28. The molecule has 0 amide bonds. The summed E-state index contributed by atoms with van der Waals surface area (Å²) in [6.45, 7) is 1.57. The molecule has 0 aromatic carbocycles. The monoisotopic (exact) mass is 236 g/mol. The second-order valence-electron chi connectivity index (χ2n) is 4.60. The first-order valence-electron chi connectivity index (χ1n) is 5.97. The molecule has 0 saturated heterocycles. The summed E-state index contributed by atoms with van der Waals surface area (Å²) in [6.07, 6.45) is 4.75. The standard InChI is InChI=1S/C13H16O4/c1-8-7-10(14)11(13(16)17-8)12(15)9-5-3-2-4-6-9/h7,9,14H,2-6H2,1H3. The molecule has 1 heterocycles. The fourth-order valence-corrected chi connectivity index (χ4v) is 2.39. The van der Waals surface area contributed by atoms with E-state index in [1.165, 1.54) is 6.07 Å². The molecule has 1 aliphatic rings. The van der Waals surface area contributed by atoms with Crippen molar-refractivity contribution in [1.29, 1.82) is 0 Å². The number of ketones is 1. The molecule has 4 heteroatoms. The van der Waals surface area contributed by atoms with Gasteiger partial charge in [-0.3, -0.25) is 4.79 Å². The van der Waals surface area contributed by atoms with Gasteiger partial charge >= 0.3 is 5.63 Å². The fourth-order valence-electron chi connectivity index (χ4n) is 2.39. The molecule has 1 aliphatic carbocycles. The quantitative estimate of drug-likeness (QED) is 0.801. The van der Waals surface area contributed by atoms with E-state index in [2.05, 4.69) is 0 Å². The molecule has 1 aromatic rings. The number of carbonyl (C=O) groups is 1. The Morgan fingerprint density at radius 3 is 2.59 bits per heavy atom. The second kappa shape index (κ2) is 4.73. The Labute approximate surface area is 99.3 Å². The first-order valence-corrected chi connectivity index (χ1v) is 5.97. The molecule has 2 rings (SSSR count). The van der Waals surface area contributed by atoms with Gasteiger partial charge in [0.2, 0.25) is 0 Å². The van der Waals surface area contributed by atoms with Gasteiger partial charge in [-0.05, 0) is 19.8 Å². The molecule has 0 spiro atoms. The normalized spacial score (nSPS) is 17.0. The van der Waals surface area contributed by atoms with Gasteiger partial charge in [-0.15, -0.1) is 0 Å². The van der Waals surface area contributed by atoms with Gasteiger partial charge in [-0.25, -0.2) is 4.79 Å². The molecule has 4 nitrogen and oxygen atoms in total. The molecule has 0 aliphatic heterocycles. The van der Waals surface area contributed by atoms with Gasteiger partial charge < -0.3 is 9.52 Å². The highest BCUT2D eigenvalue weighted by atomic mass is 16.4.